The maximum Gasteiger partial charge on any atom is 0.123 e. The van der Waals surface area contributed by atoms with Gasteiger partial charge in [-0.2, -0.15) is 0 Å². The lowest BCUT2D eigenvalue weighted by molar-refractivity contribution is 0.303. The number of hydrogen-bond donors (Lipinski definition) is 1. The van der Waals surface area contributed by atoms with Gasteiger partial charge in [-0.3, -0.25) is 0 Å². The minimum absolute atomic E-state index is 0.293. The fraction of sp³-hybridized carbons (Fsp3) is 0.200. The number of aryl methyl sites for hydroxylation is 1. The van der Waals surface area contributed by atoms with Gasteiger partial charge in [0.2, 0.25) is 0 Å². The third kappa shape index (κ3) is 2.94. The Labute approximate surface area is 107 Å². The molecule has 0 aliphatic carbocycles. The van der Waals surface area contributed by atoms with E-state index in [2.05, 4.69) is 0 Å². The second-order valence-corrected chi connectivity index (χ2v) is 4.09. The maximum atomic E-state index is 9.60. The van der Waals surface area contributed by atoms with Crippen molar-refractivity contribution in [3.05, 3.63) is 53.6 Å². The largest absolute Gasteiger partial charge is 0.508 e. The van der Waals surface area contributed by atoms with Crippen LogP contribution in [0.5, 0.6) is 17.2 Å². The van der Waals surface area contributed by atoms with Gasteiger partial charge in [0.1, 0.15) is 23.9 Å². The summed E-state index contributed by atoms with van der Waals surface area (Å²) in [6.07, 6.45) is 0. The van der Waals surface area contributed by atoms with Gasteiger partial charge in [-0.1, -0.05) is 18.2 Å². The molecule has 0 radical (unpaired) electrons. The van der Waals surface area contributed by atoms with Crippen LogP contribution in [0.4, 0.5) is 0 Å². The first-order chi connectivity index (χ1) is 8.69. The molecule has 0 spiro atoms. The highest BCUT2D eigenvalue weighted by molar-refractivity contribution is 5.36. The molecule has 0 heterocycles. The molecule has 0 aliphatic rings. The lowest BCUT2D eigenvalue weighted by Crippen LogP contribution is -1.96. The van der Waals surface area contributed by atoms with Crippen molar-refractivity contribution in [2.75, 3.05) is 7.11 Å². The molecular weight excluding hydrogens is 228 g/mol. The third-order valence-corrected chi connectivity index (χ3v) is 2.72. The zero-order chi connectivity index (χ0) is 13.0. The van der Waals surface area contributed by atoms with Gasteiger partial charge in [0, 0.05) is 6.07 Å². The molecule has 0 fully saturated rings. The molecule has 0 aromatic heterocycles. The zero-order valence-corrected chi connectivity index (χ0v) is 10.5. The quantitative estimate of drug-likeness (QED) is 0.897. The van der Waals surface area contributed by atoms with E-state index in [9.17, 15) is 5.11 Å². The second kappa shape index (κ2) is 5.45. The van der Waals surface area contributed by atoms with Gasteiger partial charge < -0.3 is 14.6 Å². The first-order valence-corrected chi connectivity index (χ1v) is 5.74. The molecule has 2 aromatic rings. The number of benzene rings is 2. The highest BCUT2D eigenvalue weighted by atomic mass is 16.5. The number of aromatic hydroxyl groups is 1. The molecule has 0 aliphatic heterocycles. The van der Waals surface area contributed by atoms with E-state index in [4.69, 9.17) is 9.47 Å². The van der Waals surface area contributed by atoms with Gasteiger partial charge in [0.15, 0.2) is 0 Å². The van der Waals surface area contributed by atoms with Crippen LogP contribution in [0.25, 0.3) is 0 Å². The average molecular weight is 244 g/mol. The predicted molar refractivity (Wildman–Crippen MR) is 70.2 cm³/mol. The lowest BCUT2D eigenvalue weighted by atomic mass is 10.1. The van der Waals surface area contributed by atoms with E-state index in [-0.39, 0.29) is 0 Å². The van der Waals surface area contributed by atoms with Crippen LogP contribution in [0.2, 0.25) is 0 Å². The van der Waals surface area contributed by atoms with Crippen molar-refractivity contribution in [3.63, 3.8) is 0 Å². The van der Waals surface area contributed by atoms with E-state index < -0.39 is 0 Å². The summed E-state index contributed by atoms with van der Waals surface area (Å²) >= 11 is 0. The Hall–Kier alpha value is -2.16. The zero-order valence-electron chi connectivity index (χ0n) is 10.5. The van der Waals surface area contributed by atoms with E-state index in [0.717, 1.165) is 22.6 Å². The number of phenols is 1. The summed E-state index contributed by atoms with van der Waals surface area (Å²) in [7, 11) is 1.62. The number of methoxy groups -OCH3 is 1. The molecule has 2 rings (SSSR count). The van der Waals surface area contributed by atoms with E-state index in [1.807, 2.05) is 43.3 Å². The van der Waals surface area contributed by atoms with Gasteiger partial charge in [-0.05, 0) is 36.2 Å². The standard InChI is InChI=1S/C15H16O3/c1-11-6-7-12(8-15(11)16)10-18-14-5-3-4-13(9-14)17-2/h3-9,16H,10H2,1-2H3. The predicted octanol–water partition coefficient (Wildman–Crippen LogP) is 3.29. The molecule has 18 heavy (non-hydrogen) atoms. The topological polar surface area (TPSA) is 38.7 Å². The number of ether oxygens (including phenoxy) is 2. The minimum atomic E-state index is 0.293. The van der Waals surface area contributed by atoms with Crippen LogP contribution in [-0.4, -0.2) is 12.2 Å². The molecular formula is C15H16O3. The Bertz CT molecular complexity index is 535. The molecule has 0 saturated heterocycles. The Morgan fingerprint density at radius 1 is 1.06 bits per heavy atom. The molecule has 0 unspecified atom stereocenters. The maximum absolute atomic E-state index is 9.60. The molecule has 2 aromatic carbocycles. The van der Waals surface area contributed by atoms with E-state index in [1.165, 1.54) is 0 Å². The normalized spacial score (nSPS) is 10.1. The summed E-state index contributed by atoms with van der Waals surface area (Å²) in [5.41, 5.74) is 1.79. The van der Waals surface area contributed by atoms with Crippen LogP contribution in [0.3, 0.4) is 0 Å². The van der Waals surface area contributed by atoms with E-state index >= 15 is 0 Å². The Kier molecular flexibility index (Phi) is 3.72. The Morgan fingerprint density at radius 3 is 2.56 bits per heavy atom. The van der Waals surface area contributed by atoms with Gasteiger partial charge in [0.25, 0.3) is 0 Å². The van der Waals surface area contributed by atoms with Crippen molar-refractivity contribution in [1.82, 2.24) is 0 Å². The summed E-state index contributed by atoms with van der Waals surface area (Å²) in [5.74, 6) is 1.80. The molecule has 0 saturated carbocycles. The molecule has 0 bridgehead atoms. The molecule has 94 valence electrons. The van der Waals surface area contributed by atoms with Crippen molar-refractivity contribution >= 4 is 0 Å². The van der Waals surface area contributed by atoms with Crippen LogP contribution in [-0.2, 0) is 6.61 Å². The summed E-state index contributed by atoms with van der Waals surface area (Å²) in [5, 5.41) is 9.60. The summed E-state index contributed by atoms with van der Waals surface area (Å²) in [6, 6.07) is 13.0. The average Bonchev–Trinajstić information content (AvgIpc) is 2.40. The number of phenolic OH excluding ortho intramolecular Hbond substituents is 1. The van der Waals surface area contributed by atoms with Crippen LogP contribution < -0.4 is 9.47 Å². The highest BCUT2D eigenvalue weighted by Gasteiger charge is 2.01. The summed E-state index contributed by atoms with van der Waals surface area (Å²) < 4.78 is 10.8. The smallest absolute Gasteiger partial charge is 0.123 e. The van der Waals surface area contributed by atoms with Crippen LogP contribution in [0.15, 0.2) is 42.5 Å². The molecule has 1 N–H and O–H groups in total. The first kappa shape index (κ1) is 12.3. The van der Waals surface area contributed by atoms with Crippen molar-refractivity contribution in [2.45, 2.75) is 13.5 Å². The van der Waals surface area contributed by atoms with Crippen LogP contribution in [0.1, 0.15) is 11.1 Å². The monoisotopic (exact) mass is 244 g/mol. The van der Waals surface area contributed by atoms with E-state index in [1.54, 1.807) is 13.2 Å². The summed E-state index contributed by atoms with van der Waals surface area (Å²) in [6.45, 7) is 2.28. The molecule has 3 nitrogen and oxygen atoms in total. The number of rotatable bonds is 4. The summed E-state index contributed by atoms with van der Waals surface area (Å²) in [4.78, 5) is 0. The third-order valence-electron chi connectivity index (χ3n) is 2.72. The molecule has 0 amide bonds. The SMILES string of the molecule is COc1cccc(OCc2ccc(C)c(O)c2)c1. The fourth-order valence-electron chi connectivity index (χ4n) is 1.60. The first-order valence-electron chi connectivity index (χ1n) is 5.74. The van der Waals surface area contributed by atoms with Crippen molar-refractivity contribution < 1.29 is 14.6 Å². The highest BCUT2D eigenvalue weighted by Crippen LogP contribution is 2.22. The Morgan fingerprint density at radius 2 is 1.83 bits per heavy atom. The molecule has 0 atom stereocenters. The minimum Gasteiger partial charge on any atom is -0.508 e. The van der Waals surface area contributed by atoms with Crippen molar-refractivity contribution in [2.24, 2.45) is 0 Å². The number of hydrogen-bond acceptors (Lipinski definition) is 3. The fourth-order valence-corrected chi connectivity index (χ4v) is 1.60. The Balaban J connectivity index is 2.04. The van der Waals surface area contributed by atoms with Crippen molar-refractivity contribution in [1.29, 1.82) is 0 Å². The van der Waals surface area contributed by atoms with Crippen LogP contribution in [0, 0.1) is 6.92 Å². The van der Waals surface area contributed by atoms with E-state index in [0.29, 0.717) is 12.4 Å². The van der Waals surface area contributed by atoms with Gasteiger partial charge in [0.05, 0.1) is 7.11 Å². The van der Waals surface area contributed by atoms with Gasteiger partial charge >= 0.3 is 0 Å². The lowest BCUT2D eigenvalue weighted by Gasteiger charge is -2.08. The second-order valence-electron chi connectivity index (χ2n) is 4.09. The van der Waals surface area contributed by atoms with Crippen LogP contribution >= 0.6 is 0 Å². The van der Waals surface area contributed by atoms with Gasteiger partial charge in [-0.25, -0.2) is 0 Å². The molecule has 3 heteroatoms. The van der Waals surface area contributed by atoms with Gasteiger partial charge in [-0.15, -0.1) is 0 Å². The van der Waals surface area contributed by atoms with Crippen molar-refractivity contribution in [3.8, 4) is 17.2 Å².